The van der Waals surface area contributed by atoms with E-state index in [1.807, 2.05) is 0 Å². The number of rotatable bonds is 4. The number of imidazole rings is 1. The largest absolute Gasteiger partial charge is 0.416 e. The predicted molar refractivity (Wildman–Crippen MR) is 109 cm³/mol. The molecule has 0 atom stereocenters. The topological polar surface area (TPSA) is 81.1 Å². The Bertz CT molecular complexity index is 1270. The van der Waals surface area contributed by atoms with Gasteiger partial charge in [-0.15, -0.1) is 0 Å². The molecule has 164 valence electrons. The zero-order valence-corrected chi connectivity index (χ0v) is 18.4. The van der Waals surface area contributed by atoms with Crippen molar-refractivity contribution in [2.45, 2.75) is 18.0 Å². The second-order valence-corrected chi connectivity index (χ2v) is 9.09. The SMILES string of the molecule is Cc1nc(C(=O)NS(=O)(=O)c2c(Cl)cccc2Cl)cn1-c1cc(Cl)cc(C(F)(F)F)c1. The molecule has 0 aliphatic rings. The van der Waals surface area contributed by atoms with Crippen molar-refractivity contribution in [3.63, 3.8) is 0 Å². The molecular formula is C18H11Cl3F3N3O3S. The molecule has 1 amide bonds. The number of benzene rings is 2. The average molecular weight is 513 g/mol. The number of amides is 1. The van der Waals surface area contributed by atoms with Crippen molar-refractivity contribution in [1.29, 1.82) is 0 Å². The number of carbonyl (C=O) groups is 1. The highest BCUT2D eigenvalue weighted by atomic mass is 35.5. The zero-order valence-electron chi connectivity index (χ0n) is 15.3. The van der Waals surface area contributed by atoms with Crippen LogP contribution in [-0.4, -0.2) is 23.9 Å². The van der Waals surface area contributed by atoms with Crippen LogP contribution >= 0.6 is 34.8 Å². The van der Waals surface area contributed by atoms with Crippen LogP contribution in [0.1, 0.15) is 21.9 Å². The molecule has 1 N–H and O–H groups in total. The zero-order chi connectivity index (χ0) is 23.1. The molecule has 2 aromatic carbocycles. The number of alkyl halides is 3. The number of aryl methyl sites for hydroxylation is 1. The number of hydrogen-bond acceptors (Lipinski definition) is 4. The van der Waals surface area contributed by atoms with Crippen LogP contribution in [0.4, 0.5) is 13.2 Å². The smallest absolute Gasteiger partial charge is 0.303 e. The van der Waals surface area contributed by atoms with Crippen LogP contribution in [0.2, 0.25) is 15.1 Å². The third-order valence-corrected chi connectivity index (χ3v) is 6.52. The standard InChI is InChI=1S/C18H11Cl3F3N3O3S/c1-9-25-15(8-27(9)12-6-10(18(22,23)24)5-11(19)7-12)17(28)26-31(29,30)16-13(20)3-2-4-14(16)21/h2-8H,1H3,(H,26,28). The van der Waals surface area contributed by atoms with Crippen LogP contribution in [0, 0.1) is 6.92 Å². The summed E-state index contributed by atoms with van der Waals surface area (Å²) in [4.78, 5) is 15.9. The molecule has 3 rings (SSSR count). The van der Waals surface area contributed by atoms with Crippen molar-refractivity contribution >= 4 is 50.7 Å². The lowest BCUT2D eigenvalue weighted by Crippen LogP contribution is -2.31. The van der Waals surface area contributed by atoms with Crippen LogP contribution in [0.25, 0.3) is 5.69 Å². The highest BCUT2D eigenvalue weighted by Crippen LogP contribution is 2.33. The molecule has 0 unspecified atom stereocenters. The minimum atomic E-state index is -4.64. The fourth-order valence-corrected chi connectivity index (χ4v) is 5.02. The van der Waals surface area contributed by atoms with E-state index in [1.165, 1.54) is 35.8 Å². The van der Waals surface area contributed by atoms with Crippen molar-refractivity contribution in [2.24, 2.45) is 0 Å². The van der Waals surface area contributed by atoms with Crippen molar-refractivity contribution in [2.75, 3.05) is 0 Å². The Kier molecular flexibility index (Phi) is 6.30. The minimum Gasteiger partial charge on any atom is -0.303 e. The maximum atomic E-state index is 13.1. The van der Waals surface area contributed by atoms with E-state index < -0.39 is 32.6 Å². The van der Waals surface area contributed by atoms with Crippen LogP contribution in [0.5, 0.6) is 0 Å². The maximum absolute atomic E-state index is 13.1. The normalized spacial score (nSPS) is 12.1. The fraction of sp³-hybridized carbons (Fsp3) is 0.111. The lowest BCUT2D eigenvalue weighted by Gasteiger charge is -2.11. The summed E-state index contributed by atoms with van der Waals surface area (Å²) in [5, 5.41) is -0.582. The summed E-state index contributed by atoms with van der Waals surface area (Å²) in [7, 11) is -4.45. The molecular weight excluding hydrogens is 502 g/mol. The number of nitrogens with one attached hydrogen (secondary N) is 1. The summed E-state index contributed by atoms with van der Waals surface area (Å²) in [6, 6.07) is 6.81. The molecule has 0 saturated heterocycles. The third kappa shape index (κ3) is 4.98. The van der Waals surface area contributed by atoms with E-state index in [1.54, 1.807) is 4.72 Å². The van der Waals surface area contributed by atoms with E-state index in [9.17, 15) is 26.4 Å². The van der Waals surface area contributed by atoms with Crippen LogP contribution in [0.3, 0.4) is 0 Å². The second-order valence-electron chi connectivity index (χ2n) is 6.22. The van der Waals surface area contributed by atoms with Gasteiger partial charge >= 0.3 is 6.18 Å². The Labute approximate surface area is 189 Å². The van der Waals surface area contributed by atoms with Gasteiger partial charge in [-0.3, -0.25) is 4.79 Å². The van der Waals surface area contributed by atoms with Gasteiger partial charge in [-0.05, 0) is 37.3 Å². The van der Waals surface area contributed by atoms with E-state index >= 15 is 0 Å². The van der Waals surface area contributed by atoms with E-state index in [-0.39, 0.29) is 32.3 Å². The van der Waals surface area contributed by atoms with Gasteiger partial charge in [0.2, 0.25) is 0 Å². The number of nitrogens with zero attached hydrogens (tertiary/aromatic N) is 2. The van der Waals surface area contributed by atoms with Crippen molar-refractivity contribution in [3.8, 4) is 5.69 Å². The average Bonchev–Trinajstić information content (AvgIpc) is 3.01. The molecule has 1 aromatic heterocycles. The molecule has 0 radical (unpaired) electrons. The summed E-state index contributed by atoms with van der Waals surface area (Å²) in [6.07, 6.45) is -3.56. The van der Waals surface area contributed by atoms with E-state index in [4.69, 9.17) is 34.8 Å². The molecule has 0 aliphatic heterocycles. The van der Waals surface area contributed by atoms with E-state index in [0.717, 1.165) is 18.3 Å². The molecule has 13 heteroatoms. The molecule has 3 aromatic rings. The number of hydrogen-bond donors (Lipinski definition) is 1. The number of aromatic nitrogens is 2. The summed E-state index contributed by atoms with van der Waals surface area (Å²) >= 11 is 17.6. The Morgan fingerprint density at radius 1 is 1.10 bits per heavy atom. The predicted octanol–water partition coefficient (Wildman–Crippen LogP) is 5.28. The van der Waals surface area contributed by atoms with Crippen LogP contribution < -0.4 is 4.72 Å². The van der Waals surface area contributed by atoms with Gasteiger partial charge in [0.25, 0.3) is 15.9 Å². The van der Waals surface area contributed by atoms with Crippen LogP contribution in [-0.2, 0) is 16.2 Å². The Balaban J connectivity index is 1.96. The lowest BCUT2D eigenvalue weighted by atomic mass is 10.2. The fourth-order valence-electron chi connectivity index (χ4n) is 2.69. The van der Waals surface area contributed by atoms with E-state index in [0.29, 0.717) is 0 Å². The summed E-state index contributed by atoms with van der Waals surface area (Å²) in [5.41, 5.74) is -1.37. The number of carbonyl (C=O) groups excluding carboxylic acids is 1. The Morgan fingerprint density at radius 3 is 2.29 bits per heavy atom. The van der Waals surface area contributed by atoms with Crippen molar-refractivity contribution in [3.05, 3.63) is 74.7 Å². The van der Waals surface area contributed by atoms with Crippen molar-refractivity contribution < 1.29 is 26.4 Å². The van der Waals surface area contributed by atoms with E-state index in [2.05, 4.69) is 4.98 Å². The van der Waals surface area contributed by atoms with Gasteiger partial charge in [-0.2, -0.15) is 13.2 Å². The third-order valence-electron chi connectivity index (χ3n) is 4.02. The van der Waals surface area contributed by atoms with Gasteiger partial charge in [0.1, 0.15) is 16.4 Å². The molecule has 1 heterocycles. The monoisotopic (exact) mass is 511 g/mol. The molecule has 0 bridgehead atoms. The first-order valence-electron chi connectivity index (χ1n) is 8.25. The minimum absolute atomic E-state index is 0.0131. The van der Waals surface area contributed by atoms with Gasteiger partial charge in [-0.25, -0.2) is 18.1 Å². The lowest BCUT2D eigenvalue weighted by molar-refractivity contribution is -0.137. The summed E-state index contributed by atoms with van der Waals surface area (Å²) in [6.45, 7) is 1.42. The maximum Gasteiger partial charge on any atom is 0.416 e. The highest BCUT2D eigenvalue weighted by molar-refractivity contribution is 7.90. The van der Waals surface area contributed by atoms with Gasteiger partial charge in [0.05, 0.1) is 15.6 Å². The first kappa shape index (κ1) is 23.4. The molecule has 0 saturated carbocycles. The summed E-state index contributed by atoms with van der Waals surface area (Å²) < 4.78 is 67.3. The van der Waals surface area contributed by atoms with Gasteiger partial charge in [0.15, 0.2) is 0 Å². The molecule has 0 aliphatic carbocycles. The highest BCUT2D eigenvalue weighted by Gasteiger charge is 2.32. The molecule has 0 fully saturated rings. The second kappa shape index (κ2) is 8.34. The van der Waals surface area contributed by atoms with Crippen molar-refractivity contribution in [1.82, 2.24) is 14.3 Å². The Hall–Kier alpha value is -2.27. The molecule has 31 heavy (non-hydrogen) atoms. The number of sulfonamides is 1. The first-order valence-corrected chi connectivity index (χ1v) is 10.9. The van der Waals surface area contributed by atoms with Crippen LogP contribution in [0.15, 0.2) is 47.5 Å². The molecule has 0 spiro atoms. The van der Waals surface area contributed by atoms with Gasteiger partial charge < -0.3 is 4.57 Å². The Morgan fingerprint density at radius 2 is 1.71 bits per heavy atom. The first-order chi connectivity index (χ1) is 14.3. The van der Waals surface area contributed by atoms with Gasteiger partial charge in [0, 0.05) is 16.9 Å². The number of halogens is 6. The quantitative estimate of drug-likeness (QED) is 0.516. The van der Waals surface area contributed by atoms with Gasteiger partial charge in [-0.1, -0.05) is 40.9 Å². The molecule has 6 nitrogen and oxygen atoms in total. The summed E-state index contributed by atoms with van der Waals surface area (Å²) in [5.74, 6) is -1.01.